The molecule has 0 aromatic heterocycles. The number of non-ortho nitro benzene ring substituents is 1. The van der Waals surface area contributed by atoms with Crippen molar-refractivity contribution in [2.24, 2.45) is 0 Å². The van der Waals surface area contributed by atoms with Crippen molar-refractivity contribution < 1.29 is 19.2 Å². The van der Waals surface area contributed by atoms with Crippen LogP contribution in [0, 0.1) is 10.1 Å². The average Bonchev–Trinajstić information content (AvgIpc) is 2.73. The maximum Gasteiger partial charge on any atom is 0.273 e. The molecular weight excluding hydrogens is 360 g/mol. The molecule has 0 spiro atoms. The molecule has 0 saturated heterocycles. The number of nitrogens with zero attached hydrogens (tertiary/aromatic N) is 1. The highest BCUT2D eigenvalue weighted by Crippen LogP contribution is 2.31. The molecule has 0 saturated carbocycles. The molecule has 0 aliphatic carbocycles. The van der Waals surface area contributed by atoms with E-state index >= 15 is 0 Å². The minimum atomic E-state index is -0.539. The third-order valence-electron chi connectivity index (χ3n) is 4.00. The van der Waals surface area contributed by atoms with Crippen LogP contribution in [-0.4, -0.2) is 24.5 Å². The van der Waals surface area contributed by atoms with Crippen molar-refractivity contribution in [2.75, 3.05) is 19.0 Å². The van der Waals surface area contributed by atoms with E-state index < -0.39 is 10.8 Å². The molecule has 1 amide bonds. The molecule has 0 atom stereocenters. The zero-order chi connectivity index (χ0) is 19.9. The van der Waals surface area contributed by atoms with Gasteiger partial charge in [0.05, 0.1) is 18.1 Å². The SMILES string of the molecule is COc1ccc([N+](=O)[O-])cc1OCC(=O)Nc1ccccc1-c1ccccc1. The molecule has 3 rings (SSSR count). The summed E-state index contributed by atoms with van der Waals surface area (Å²) in [5.74, 6) is 0.0446. The van der Waals surface area contributed by atoms with Crippen LogP contribution in [0.4, 0.5) is 11.4 Å². The number of hydrogen-bond acceptors (Lipinski definition) is 5. The highest BCUT2D eigenvalue weighted by Gasteiger charge is 2.14. The van der Waals surface area contributed by atoms with E-state index in [2.05, 4.69) is 5.32 Å². The Morgan fingerprint density at radius 3 is 2.43 bits per heavy atom. The lowest BCUT2D eigenvalue weighted by atomic mass is 10.0. The van der Waals surface area contributed by atoms with Crippen molar-refractivity contribution in [3.05, 3.63) is 82.9 Å². The highest BCUT2D eigenvalue weighted by molar-refractivity contribution is 5.96. The molecule has 28 heavy (non-hydrogen) atoms. The van der Waals surface area contributed by atoms with Crippen molar-refractivity contribution in [3.8, 4) is 22.6 Å². The van der Waals surface area contributed by atoms with Crippen LogP contribution in [0.2, 0.25) is 0 Å². The molecule has 7 heteroatoms. The summed E-state index contributed by atoms with van der Waals surface area (Å²) >= 11 is 0. The number of nitro groups is 1. The number of benzene rings is 3. The maximum atomic E-state index is 12.4. The van der Waals surface area contributed by atoms with Crippen molar-refractivity contribution in [2.45, 2.75) is 0 Å². The number of amides is 1. The van der Waals surface area contributed by atoms with Crippen LogP contribution in [0.25, 0.3) is 11.1 Å². The number of para-hydroxylation sites is 1. The number of carbonyl (C=O) groups is 1. The smallest absolute Gasteiger partial charge is 0.273 e. The number of nitrogens with one attached hydrogen (secondary N) is 1. The molecule has 0 aliphatic heterocycles. The van der Waals surface area contributed by atoms with Crippen molar-refractivity contribution >= 4 is 17.3 Å². The van der Waals surface area contributed by atoms with Crippen LogP contribution < -0.4 is 14.8 Å². The Morgan fingerprint density at radius 2 is 1.71 bits per heavy atom. The first-order valence-electron chi connectivity index (χ1n) is 8.48. The minimum absolute atomic E-state index is 0.128. The summed E-state index contributed by atoms with van der Waals surface area (Å²) in [7, 11) is 1.42. The van der Waals surface area contributed by atoms with Gasteiger partial charge in [-0.3, -0.25) is 14.9 Å². The summed E-state index contributed by atoms with van der Waals surface area (Å²) in [4.78, 5) is 22.8. The van der Waals surface area contributed by atoms with Gasteiger partial charge < -0.3 is 14.8 Å². The third kappa shape index (κ3) is 4.45. The van der Waals surface area contributed by atoms with Gasteiger partial charge in [0.1, 0.15) is 0 Å². The molecule has 0 heterocycles. The van der Waals surface area contributed by atoms with Gasteiger partial charge >= 0.3 is 0 Å². The molecule has 7 nitrogen and oxygen atoms in total. The zero-order valence-corrected chi connectivity index (χ0v) is 15.1. The van der Waals surface area contributed by atoms with Crippen LogP contribution in [0.1, 0.15) is 0 Å². The second-order valence-electron chi connectivity index (χ2n) is 5.84. The van der Waals surface area contributed by atoms with Crippen LogP contribution >= 0.6 is 0 Å². The first kappa shape index (κ1) is 18.9. The van der Waals surface area contributed by atoms with Crippen LogP contribution in [0.15, 0.2) is 72.8 Å². The summed E-state index contributed by atoms with van der Waals surface area (Å²) < 4.78 is 10.6. The first-order valence-corrected chi connectivity index (χ1v) is 8.48. The number of ether oxygens (including phenoxy) is 2. The van der Waals surface area contributed by atoms with Crippen LogP contribution in [-0.2, 0) is 4.79 Å². The Labute approximate surface area is 161 Å². The van der Waals surface area contributed by atoms with Crippen molar-refractivity contribution in [3.63, 3.8) is 0 Å². The number of carbonyl (C=O) groups excluding carboxylic acids is 1. The number of nitro benzene ring substituents is 1. The van der Waals surface area contributed by atoms with Crippen LogP contribution in [0.5, 0.6) is 11.5 Å². The lowest BCUT2D eigenvalue weighted by Crippen LogP contribution is -2.20. The van der Waals surface area contributed by atoms with E-state index in [0.29, 0.717) is 11.4 Å². The summed E-state index contributed by atoms with van der Waals surface area (Å²) in [6.07, 6.45) is 0. The largest absolute Gasteiger partial charge is 0.493 e. The van der Waals surface area contributed by atoms with Crippen molar-refractivity contribution in [1.82, 2.24) is 0 Å². The molecule has 0 aliphatic rings. The Kier molecular flexibility index (Phi) is 5.86. The zero-order valence-electron chi connectivity index (χ0n) is 15.1. The van der Waals surface area contributed by atoms with Gasteiger partial charge in [0, 0.05) is 17.3 Å². The average molecular weight is 378 g/mol. The first-order chi connectivity index (χ1) is 13.6. The van der Waals surface area contributed by atoms with Crippen LogP contribution in [0.3, 0.4) is 0 Å². The number of rotatable bonds is 7. The van der Waals surface area contributed by atoms with E-state index in [4.69, 9.17) is 9.47 Å². The fourth-order valence-corrected chi connectivity index (χ4v) is 2.68. The Bertz CT molecular complexity index is 989. The fourth-order valence-electron chi connectivity index (χ4n) is 2.68. The molecule has 1 N–H and O–H groups in total. The number of hydrogen-bond donors (Lipinski definition) is 1. The van der Waals surface area contributed by atoms with E-state index in [1.54, 1.807) is 6.07 Å². The van der Waals surface area contributed by atoms with Gasteiger partial charge in [-0.15, -0.1) is 0 Å². The van der Waals surface area contributed by atoms with Gasteiger partial charge in [0.25, 0.3) is 11.6 Å². The predicted octanol–water partition coefficient (Wildman–Crippen LogP) is 4.29. The van der Waals surface area contributed by atoms with Gasteiger partial charge in [-0.1, -0.05) is 48.5 Å². The lowest BCUT2D eigenvalue weighted by molar-refractivity contribution is -0.385. The monoisotopic (exact) mass is 378 g/mol. The molecule has 142 valence electrons. The summed E-state index contributed by atoms with van der Waals surface area (Å²) in [5, 5.41) is 13.7. The standard InChI is InChI=1S/C21H18N2O5/c1-27-19-12-11-16(23(25)26)13-20(19)28-14-21(24)22-18-10-6-5-9-17(18)15-7-3-2-4-8-15/h2-13H,14H2,1H3,(H,22,24). The molecule has 0 radical (unpaired) electrons. The Hall–Kier alpha value is -3.87. The second kappa shape index (κ2) is 8.68. The normalized spacial score (nSPS) is 10.2. The van der Waals surface area contributed by atoms with Crippen molar-refractivity contribution in [1.29, 1.82) is 0 Å². The second-order valence-corrected chi connectivity index (χ2v) is 5.84. The summed E-state index contributed by atoms with van der Waals surface area (Å²) in [6, 6.07) is 21.1. The summed E-state index contributed by atoms with van der Waals surface area (Å²) in [5.41, 5.74) is 2.35. The molecule has 0 fully saturated rings. The van der Waals surface area contributed by atoms with E-state index in [9.17, 15) is 14.9 Å². The van der Waals surface area contributed by atoms with Gasteiger partial charge in [-0.05, 0) is 17.7 Å². The quantitative estimate of drug-likeness (QED) is 0.489. The molecular formula is C21H18N2O5. The van der Waals surface area contributed by atoms with E-state index in [0.717, 1.165) is 11.1 Å². The summed E-state index contributed by atoms with van der Waals surface area (Å²) in [6.45, 7) is -0.319. The number of anilines is 1. The molecule has 3 aromatic rings. The Balaban J connectivity index is 1.73. The topological polar surface area (TPSA) is 90.7 Å². The fraction of sp³-hybridized carbons (Fsp3) is 0.0952. The molecule has 0 bridgehead atoms. The van der Waals surface area contributed by atoms with E-state index in [1.165, 1.54) is 25.3 Å². The molecule has 0 unspecified atom stereocenters. The van der Waals surface area contributed by atoms with Gasteiger partial charge in [-0.2, -0.15) is 0 Å². The van der Waals surface area contributed by atoms with Gasteiger partial charge in [0.15, 0.2) is 18.1 Å². The van der Waals surface area contributed by atoms with Gasteiger partial charge in [-0.25, -0.2) is 0 Å². The highest BCUT2D eigenvalue weighted by atomic mass is 16.6. The predicted molar refractivity (Wildman–Crippen MR) is 106 cm³/mol. The minimum Gasteiger partial charge on any atom is -0.493 e. The lowest BCUT2D eigenvalue weighted by Gasteiger charge is -2.13. The van der Waals surface area contributed by atoms with E-state index in [-0.39, 0.29) is 18.0 Å². The third-order valence-corrected chi connectivity index (χ3v) is 4.00. The molecule has 3 aromatic carbocycles. The number of methoxy groups -OCH3 is 1. The van der Waals surface area contributed by atoms with Gasteiger partial charge in [0.2, 0.25) is 0 Å². The Morgan fingerprint density at radius 1 is 1.00 bits per heavy atom. The maximum absolute atomic E-state index is 12.4. The van der Waals surface area contributed by atoms with E-state index in [1.807, 2.05) is 48.5 Å².